The number of benzene rings is 2. The minimum atomic E-state index is -1.58. The summed E-state index contributed by atoms with van der Waals surface area (Å²) in [5.41, 5.74) is -0.362. The lowest BCUT2D eigenvalue weighted by atomic mass is 9.96. The number of aromatic nitrogens is 1. The number of hydrogen-bond donors (Lipinski definition) is 1. The van der Waals surface area contributed by atoms with Crippen LogP contribution in [0.2, 0.25) is 0 Å². The van der Waals surface area contributed by atoms with E-state index in [0.717, 1.165) is 0 Å². The second-order valence-corrected chi connectivity index (χ2v) is 8.93. The number of allylic oxidation sites excluding steroid dienone is 1. The molecule has 1 amide bonds. The molecule has 1 aromatic heterocycles. The third-order valence-electron chi connectivity index (χ3n) is 5.61. The van der Waals surface area contributed by atoms with E-state index in [9.17, 15) is 23.2 Å². The van der Waals surface area contributed by atoms with Crippen molar-refractivity contribution < 1.29 is 37.4 Å². The highest BCUT2D eigenvalue weighted by Gasteiger charge is 2.34. The van der Waals surface area contributed by atoms with Crippen molar-refractivity contribution >= 4 is 23.4 Å². The van der Waals surface area contributed by atoms with Crippen LogP contribution >= 0.6 is 0 Å². The second kappa shape index (κ2) is 12.3. The van der Waals surface area contributed by atoms with E-state index in [2.05, 4.69) is 10.3 Å². The summed E-state index contributed by atoms with van der Waals surface area (Å²) in [4.78, 5) is 42.3. The fraction of sp³-hybridized carbons (Fsp3) is 0.241. The van der Waals surface area contributed by atoms with Gasteiger partial charge in [-0.2, -0.15) is 0 Å². The maximum Gasteiger partial charge on any atom is 0.336 e. The second-order valence-electron chi connectivity index (χ2n) is 8.93. The van der Waals surface area contributed by atoms with Crippen molar-refractivity contribution in [1.82, 2.24) is 10.3 Å². The van der Waals surface area contributed by atoms with E-state index < -0.39 is 35.0 Å². The Morgan fingerprint density at radius 1 is 0.923 bits per heavy atom. The minimum Gasteiger partial charge on any atom is -0.493 e. The molecule has 0 bridgehead atoms. The SMILES string of the molecule is CCC(=O)Oc1c(OC)ccnc1C(=O)NC(C)(C)C(=O)OC(C)=C(c1ccc(F)cc1)c1ccc(F)cc1. The van der Waals surface area contributed by atoms with Crippen molar-refractivity contribution in [2.24, 2.45) is 0 Å². The summed E-state index contributed by atoms with van der Waals surface area (Å²) in [5, 5.41) is 2.55. The zero-order valence-electron chi connectivity index (χ0n) is 22.1. The maximum absolute atomic E-state index is 13.6. The van der Waals surface area contributed by atoms with Gasteiger partial charge in [-0.3, -0.25) is 9.59 Å². The average molecular weight is 539 g/mol. The van der Waals surface area contributed by atoms with Crippen LogP contribution in [-0.2, 0) is 14.3 Å². The molecule has 0 aliphatic rings. The number of methoxy groups -OCH3 is 1. The van der Waals surface area contributed by atoms with Crippen molar-refractivity contribution in [3.8, 4) is 11.5 Å². The fourth-order valence-corrected chi connectivity index (χ4v) is 3.56. The van der Waals surface area contributed by atoms with E-state index in [1.165, 1.54) is 88.7 Å². The number of amides is 1. The van der Waals surface area contributed by atoms with Crippen LogP contribution < -0.4 is 14.8 Å². The third-order valence-corrected chi connectivity index (χ3v) is 5.61. The molecule has 0 fully saturated rings. The van der Waals surface area contributed by atoms with E-state index in [1.807, 2.05) is 0 Å². The molecule has 0 saturated carbocycles. The van der Waals surface area contributed by atoms with Gasteiger partial charge in [0, 0.05) is 24.3 Å². The molecule has 39 heavy (non-hydrogen) atoms. The highest BCUT2D eigenvalue weighted by molar-refractivity contribution is 6.00. The first-order valence-corrected chi connectivity index (χ1v) is 12.0. The molecular weight excluding hydrogens is 510 g/mol. The van der Waals surface area contributed by atoms with Crippen LogP contribution in [0.1, 0.15) is 55.7 Å². The molecule has 0 spiro atoms. The van der Waals surface area contributed by atoms with Crippen LogP contribution in [-0.4, -0.2) is 35.5 Å². The first-order valence-electron chi connectivity index (χ1n) is 12.0. The summed E-state index contributed by atoms with van der Waals surface area (Å²) in [6.45, 7) is 5.97. The number of halogens is 2. The number of carbonyl (C=O) groups excluding carboxylic acids is 3. The van der Waals surface area contributed by atoms with Gasteiger partial charge in [0.15, 0.2) is 11.4 Å². The summed E-state index contributed by atoms with van der Waals surface area (Å²) >= 11 is 0. The van der Waals surface area contributed by atoms with Crippen molar-refractivity contribution in [1.29, 1.82) is 0 Å². The van der Waals surface area contributed by atoms with Gasteiger partial charge in [-0.05, 0) is 56.2 Å². The minimum absolute atomic E-state index is 0.0486. The average Bonchev–Trinajstić information content (AvgIpc) is 2.90. The first-order chi connectivity index (χ1) is 18.5. The topological polar surface area (TPSA) is 104 Å². The van der Waals surface area contributed by atoms with E-state index in [-0.39, 0.29) is 29.4 Å². The first kappa shape index (κ1) is 29.0. The lowest BCUT2D eigenvalue weighted by Gasteiger charge is -2.25. The Labute approximate surface area is 224 Å². The van der Waals surface area contributed by atoms with Gasteiger partial charge in [0.1, 0.15) is 22.9 Å². The van der Waals surface area contributed by atoms with Gasteiger partial charge in [0.25, 0.3) is 5.91 Å². The van der Waals surface area contributed by atoms with Crippen molar-refractivity contribution in [2.75, 3.05) is 7.11 Å². The molecule has 0 atom stereocenters. The summed E-state index contributed by atoms with van der Waals surface area (Å²) in [7, 11) is 1.34. The van der Waals surface area contributed by atoms with Crippen LogP contribution in [0.15, 0.2) is 66.6 Å². The zero-order chi connectivity index (χ0) is 28.7. The number of rotatable bonds is 9. The quantitative estimate of drug-likeness (QED) is 0.294. The van der Waals surface area contributed by atoms with E-state index >= 15 is 0 Å². The van der Waals surface area contributed by atoms with Gasteiger partial charge < -0.3 is 19.5 Å². The normalized spacial score (nSPS) is 10.8. The number of nitrogens with one attached hydrogen (secondary N) is 1. The van der Waals surface area contributed by atoms with Crippen LogP contribution in [0.25, 0.3) is 5.57 Å². The number of esters is 2. The van der Waals surface area contributed by atoms with Gasteiger partial charge in [-0.25, -0.2) is 18.6 Å². The number of ether oxygens (including phenoxy) is 3. The molecule has 0 aliphatic heterocycles. The Kier molecular flexibility index (Phi) is 9.13. The van der Waals surface area contributed by atoms with Crippen LogP contribution in [0.4, 0.5) is 8.78 Å². The Bertz CT molecular complexity index is 1350. The predicted octanol–water partition coefficient (Wildman–Crippen LogP) is 5.21. The molecule has 2 aromatic carbocycles. The molecule has 0 aliphatic carbocycles. The number of hydrogen-bond acceptors (Lipinski definition) is 7. The van der Waals surface area contributed by atoms with Gasteiger partial charge in [-0.1, -0.05) is 31.2 Å². The smallest absolute Gasteiger partial charge is 0.336 e. The highest BCUT2D eigenvalue weighted by Crippen LogP contribution is 2.31. The van der Waals surface area contributed by atoms with Gasteiger partial charge in [0.2, 0.25) is 5.75 Å². The Balaban J connectivity index is 1.92. The van der Waals surface area contributed by atoms with Gasteiger partial charge in [-0.15, -0.1) is 0 Å². The lowest BCUT2D eigenvalue weighted by molar-refractivity contribution is -0.145. The fourth-order valence-electron chi connectivity index (χ4n) is 3.56. The third kappa shape index (κ3) is 7.04. The Morgan fingerprint density at radius 2 is 1.46 bits per heavy atom. The Morgan fingerprint density at radius 3 is 1.95 bits per heavy atom. The Hall–Kier alpha value is -4.60. The number of carbonyl (C=O) groups is 3. The predicted molar refractivity (Wildman–Crippen MR) is 139 cm³/mol. The molecular formula is C29H28F2N2O6. The number of nitrogens with zero attached hydrogens (tertiary/aromatic N) is 1. The summed E-state index contributed by atoms with van der Waals surface area (Å²) in [5.74, 6) is -3.09. The molecule has 0 radical (unpaired) electrons. The molecule has 10 heteroatoms. The molecule has 0 unspecified atom stereocenters. The van der Waals surface area contributed by atoms with Crippen LogP contribution in [0.5, 0.6) is 11.5 Å². The van der Waals surface area contributed by atoms with Crippen molar-refractivity contribution in [3.63, 3.8) is 0 Å². The molecule has 1 heterocycles. The summed E-state index contributed by atoms with van der Waals surface area (Å²) < 4.78 is 43.2. The zero-order valence-corrected chi connectivity index (χ0v) is 22.1. The lowest BCUT2D eigenvalue weighted by Crippen LogP contribution is -2.50. The van der Waals surface area contributed by atoms with Crippen LogP contribution in [0, 0.1) is 11.6 Å². The number of pyridine rings is 1. The maximum atomic E-state index is 13.6. The molecule has 1 N–H and O–H groups in total. The van der Waals surface area contributed by atoms with Gasteiger partial charge in [0.05, 0.1) is 7.11 Å². The van der Waals surface area contributed by atoms with Crippen molar-refractivity contribution in [2.45, 2.75) is 39.7 Å². The molecule has 3 rings (SSSR count). The van der Waals surface area contributed by atoms with E-state index in [0.29, 0.717) is 16.7 Å². The molecule has 3 aromatic rings. The summed E-state index contributed by atoms with van der Waals surface area (Å²) in [6.07, 6.45) is 1.35. The monoisotopic (exact) mass is 538 g/mol. The van der Waals surface area contributed by atoms with E-state index in [4.69, 9.17) is 14.2 Å². The molecule has 8 nitrogen and oxygen atoms in total. The van der Waals surface area contributed by atoms with Crippen LogP contribution in [0.3, 0.4) is 0 Å². The van der Waals surface area contributed by atoms with Gasteiger partial charge >= 0.3 is 11.9 Å². The highest BCUT2D eigenvalue weighted by atomic mass is 19.1. The summed E-state index contributed by atoms with van der Waals surface area (Å²) in [6, 6.07) is 12.5. The van der Waals surface area contributed by atoms with E-state index in [1.54, 1.807) is 6.92 Å². The van der Waals surface area contributed by atoms with Crippen molar-refractivity contribution in [3.05, 3.63) is 95.0 Å². The molecule has 204 valence electrons. The largest absolute Gasteiger partial charge is 0.493 e. The molecule has 0 saturated heterocycles. The standard InChI is InChI=1S/C29H28F2N2O6/c1-6-23(34)39-26-22(37-5)15-16-32-25(26)27(35)33-29(3,4)28(36)38-17(2)24(18-7-11-20(30)12-8-18)19-9-13-21(31)14-10-19/h7-16H,6H2,1-5H3,(H,33,35).